The summed E-state index contributed by atoms with van der Waals surface area (Å²) in [6.07, 6.45) is 4.44. The molecule has 1 aliphatic heterocycles. The molecule has 5 heteroatoms. The van der Waals surface area contributed by atoms with Gasteiger partial charge in [-0.3, -0.25) is 9.78 Å². The molecule has 1 saturated heterocycles. The first-order valence-electron chi connectivity index (χ1n) is 8.09. The minimum Gasteiger partial charge on any atom is -0.496 e. The van der Waals surface area contributed by atoms with Crippen molar-refractivity contribution in [1.82, 2.24) is 10.3 Å². The van der Waals surface area contributed by atoms with E-state index in [1.807, 2.05) is 31.2 Å². The van der Waals surface area contributed by atoms with Gasteiger partial charge in [0.25, 0.3) is 5.91 Å². The van der Waals surface area contributed by atoms with E-state index in [9.17, 15) is 4.79 Å². The van der Waals surface area contributed by atoms with E-state index < -0.39 is 0 Å². The van der Waals surface area contributed by atoms with Gasteiger partial charge in [-0.2, -0.15) is 0 Å². The molecule has 2 heterocycles. The summed E-state index contributed by atoms with van der Waals surface area (Å²) in [6, 6.07) is 9.51. The monoisotopic (exact) mass is 326 g/mol. The summed E-state index contributed by atoms with van der Waals surface area (Å²) in [7, 11) is 1.61. The third-order valence-electron chi connectivity index (χ3n) is 4.43. The lowest BCUT2D eigenvalue weighted by atomic mass is 9.95. The summed E-state index contributed by atoms with van der Waals surface area (Å²) in [5, 5.41) is 3.10. The summed E-state index contributed by atoms with van der Waals surface area (Å²) in [6.45, 7) is 3.16. The predicted molar refractivity (Wildman–Crippen MR) is 91.2 cm³/mol. The summed E-state index contributed by atoms with van der Waals surface area (Å²) in [5.74, 6) is 0.894. The summed E-state index contributed by atoms with van der Waals surface area (Å²) < 4.78 is 10.9. The highest BCUT2D eigenvalue weighted by atomic mass is 16.5. The fourth-order valence-corrected chi connectivity index (χ4v) is 2.99. The van der Waals surface area contributed by atoms with Gasteiger partial charge in [0.15, 0.2) is 0 Å². The third-order valence-corrected chi connectivity index (χ3v) is 4.43. The number of benzene rings is 1. The molecule has 5 nitrogen and oxygen atoms in total. The lowest BCUT2D eigenvalue weighted by Gasteiger charge is -2.19. The van der Waals surface area contributed by atoms with Gasteiger partial charge in [-0.25, -0.2) is 0 Å². The van der Waals surface area contributed by atoms with Crippen molar-refractivity contribution in [3.63, 3.8) is 0 Å². The molecular weight excluding hydrogens is 304 g/mol. The lowest BCUT2D eigenvalue weighted by Crippen LogP contribution is -2.40. The highest BCUT2D eigenvalue weighted by molar-refractivity contribution is 5.95. The van der Waals surface area contributed by atoms with E-state index in [4.69, 9.17) is 9.47 Å². The Bertz CT molecular complexity index is 703. The number of aryl methyl sites for hydroxylation is 1. The number of ether oxygens (including phenoxy) is 2. The number of nitrogens with zero attached hydrogens (tertiary/aromatic N) is 1. The van der Waals surface area contributed by atoms with Crippen molar-refractivity contribution in [3.8, 4) is 5.75 Å². The standard InChI is InChI=1S/C19H22N2O3/c1-13-3-4-15(10-18(13)23-2)19(22)21-17-12-24-11-16(17)9-14-5-7-20-8-6-14/h3-8,10,16-17H,9,11-12H2,1-2H3,(H,21,22)/t16-,17-/m1/s1. The molecule has 1 N–H and O–H groups in total. The molecule has 0 spiro atoms. The number of methoxy groups -OCH3 is 1. The average molecular weight is 326 g/mol. The maximum Gasteiger partial charge on any atom is 0.251 e. The highest BCUT2D eigenvalue weighted by Gasteiger charge is 2.30. The second-order valence-electron chi connectivity index (χ2n) is 6.12. The number of rotatable bonds is 5. The molecule has 0 unspecified atom stereocenters. The first-order chi connectivity index (χ1) is 11.7. The number of amides is 1. The van der Waals surface area contributed by atoms with Gasteiger partial charge in [-0.1, -0.05) is 6.07 Å². The van der Waals surface area contributed by atoms with E-state index in [2.05, 4.69) is 10.3 Å². The fourth-order valence-electron chi connectivity index (χ4n) is 2.99. The van der Waals surface area contributed by atoms with Crippen LogP contribution in [0.25, 0.3) is 0 Å². The molecule has 1 aromatic carbocycles. The van der Waals surface area contributed by atoms with Crippen molar-refractivity contribution in [3.05, 3.63) is 59.4 Å². The number of carbonyl (C=O) groups excluding carboxylic acids is 1. The number of nitrogens with one attached hydrogen (secondary N) is 1. The molecule has 0 bridgehead atoms. The van der Waals surface area contributed by atoms with E-state index in [1.54, 1.807) is 25.6 Å². The number of hydrogen-bond donors (Lipinski definition) is 1. The van der Waals surface area contributed by atoms with Gasteiger partial charge in [0.1, 0.15) is 5.75 Å². The Kier molecular flexibility index (Phi) is 5.11. The van der Waals surface area contributed by atoms with Crippen LogP contribution in [0, 0.1) is 12.8 Å². The Morgan fingerprint density at radius 2 is 2.08 bits per heavy atom. The molecule has 1 aromatic heterocycles. The van der Waals surface area contributed by atoms with Crippen molar-refractivity contribution >= 4 is 5.91 Å². The molecule has 126 valence electrons. The second-order valence-corrected chi connectivity index (χ2v) is 6.12. The van der Waals surface area contributed by atoms with Crippen LogP contribution in [0.4, 0.5) is 0 Å². The molecule has 3 rings (SSSR count). The molecule has 0 radical (unpaired) electrons. The highest BCUT2D eigenvalue weighted by Crippen LogP contribution is 2.21. The molecule has 0 saturated carbocycles. The Labute approximate surface area is 142 Å². The van der Waals surface area contributed by atoms with Crippen molar-refractivity contribution in [2.45, 2.75) is 19.4 Å². The largest absolute Gasteiger partial charge is 0.496 e. The number of pyridine rings is 1. The van der Waals surface area contributed by atoms with Crippen LogP contribution in [0.2, 0.25) is 0 Å². The van der Waals surface area contributed by atoms with E-state index in [1.165, 1.54) is 5.56 Å². The van der Waals surface area contributed by atoms with Crippen molar-refractivity contribution < 1.29 is 14.3 Å². The van der Waals surface area contributed by atoms with E-state index in [0.717, 1.165) is 17.7 Å². The first-order valence-corrected chi connectivity index (χ1v) is 8.09. The zero-order valence-electron chi connectivity index (χ0n) is 14.0. The molecule has 1 aliphatic rings. The van der Waals surface area contributed by atoms with Crippen molar-refractivity contribution in [2.24, 2.45) is 5.92 Å². The molecule has 24 heavy (non-hydrogen) atoms. The zero-order valence-corrected chi connectivity index (χ0v) is 14.0. The number of aromatic nitrogens is 1. The van der Waals surface area contributed by atoms with Crippen LogP contribution in [-0.2, 0) is 11.2 Å². The topological polar surface area (TPSA) is 60.5 Å². The van der Waals surface area contributed by atoms with E-state index >= 15 is 0 Å². The fraction of sp³-hybridized carbons (Fsp3) is 0.368. The van der Waals surface area contributed by atoms with Crippen molar-refractivity contribution in [1.29, 1.82) is 0 Å². The van der Waals surface area contributed by atoms with Crippen LogP contribution in [0.5, 0.6) is 5.75 Å². The Hall–Kier alpha value is -2.40. The smallest absolute Gasteiger partial charge is 0.251 e. The van der Waals surface area contributed by atoms with Crippen LogP contribution in [0.3, 0.4) is 0 Å². The summed E-state index contributed by atoms with van der Waals surface area (Å²) >= 11 is 0. The lowest BCUT2D eigenvalue weighted by molar-refractivity contribution is 0.0924. The zero-order chi connectivity index (χ0) is 16.9. The summed E-state index contributed by atoms with van der Waals surface area (Å²) in [4.78, 5) is 16.6. The summed E-state index contributed by atoms with van der Waals surface area (Å²) in [5.41, 5.74) is 2.82. The third kappa shape index (κ3) is 3.74. The van der Waals surface area contributed by atoms with Crippen LogP contribution in [0.1, 0.15) is 21.5 Å². The van der Waals surface area contributed by atoms with Crippen LogP contribution in [-0.4, -0.2) is 37.3 Å². The van der Waals surface area contributed by atoms with Crippen LogP contribution < -0.4 is 10.1 Å². The quantitative estimate of drug-likeness (QED) is 0.916. The molecular formula is C19H22N2O3. The molecule has 1 fully saturated rings. The van der Waals surface area contributed by atoms with Gasteiger partial charge in [-0.15, -0.1) is 0 Å². The van der Waals surface area contributed by atoms with Gasteiger partial charge in [0.05, 0.1) is 26.4 Å². The average Bonchev–Trinajstić information content (AvgIpc) is 3.03. The second kappa shape index (κ2) is 7.45. The van der Waals surface area contributed by atoms with E-state index in [-0.39, 0.29) is 17.9 Å². The Balaban J connectivity index is 1.67. The van der Waals surface area contributed by atoms with Gasteiger partial charge in [-0.05, 0) is 48.7 Å². The van der Waals surface area contributed by atoms with Gasteiger partial charge >= 0.3 is 0 Å². The molecule has 2 atom stereocenters. The molecule has 1 amide bonds. The van der Waals surface area contributed by atoms with Gasteiger partial charge in [0, 0.05) is 23.9 Å². The predicted octanol–water partition coefficient (Wildman–Crippen LogP) is 2.39. The normalized spacial score (nSPS) is 19.9. The molecule has 2 aromatic rings. The first kappa shape index (κ1) is 16.5. The number of hydrogen-bond acceptors (Lipinski definition) is 4. The SMILES string of the molecule is COc1cc(C(=O)N[C@@H]2COC[C@H]2Cc2ccncc2)ccc1C. The maximum absolute atomic E-state index is 12.5. The maximum atomic E-state index is 12.5. The molecule has 0 aliphatic carbocycles. The van der Waals surface area contributed by atoms with Crippen molar-refractivity contribution in [2.75, 3.05) is 20.3 Å². The van der Waals surface area contributed by atoms with Gasteiger partial charge in [0.2, 0.25) is 0 Å². The Morgan fingerprint density at radius 3 is 2.83 bits per heavy atom. The van der Waals surface area contributed by atoms with Crippen LogP contribution in [0.15, 0.2) is 42.7 Å². The van der Waals surface area contributed by atoms with Crippen LogP contribution >= 0.6 is 0 Å². The minimum absolute atomic E-state index is 0.0120. The minimum atomic E-state index is -0.0940. The number of carbonyl (C=O) groups is 1. The van der Waals surface area contributed by atoms with E-state index in [0.29, 0.717) is 18.8 Å². The van der Waals surface area contributed by atoms with Gasteiger partial charge < -0.3 is 14.8 Å². The Morgan fingerprint density at radius 1 is 1.29 bits per heavy atom.